The van der Waals surface area contributed by atoms with Gasteiger partial charge in [0.15, 0.2) is 5.78 Å². The predicted molar refractivity (Wildman–Crippen MR) is 220 cm³/mol. The molecule has 2 aromatic rings. The predicted octanol–water partition coefficient (Wildman–Crippen LogP) is 9.23. The van der Waals surface area contributed by atoms with Crippen LogP contribution in [0.3, 0.4) is 0 Å². The summed E-state index contributed by atoms with van der Waals surface area (Å²) in [5.74, 6) is 3.95. The van der Waals surface area contributed by atoms with Crippen molar-refractivity contribution in [2.24, 2.45) is 56.7 Å². The number of allylic oxidation sites excluding steroid dienone is 4. The molecule has 57 heavy (non-hydrogen) atoms. The maximum absolute atomic E-state index is 15.0. The highest BCUT2D eigenvalue weighted by Crippen LogP contribution is 2.78. The molecule has 2 aromatic carbocycles. The zero-order chi connectivity index (χ0) is 39.6. The molecular weight excluding hydrogens is 713 g/mol. The summed E-state index contributed by atoms with van der Waals surface area (Å²) < 4.78 is 10.8. The molecular formula is C49H62N2O6. The Kier molecular flexibility index (Phi) is 8.54. The molecule has 0 aromatic heterocycles. The van der Waals surface area contributed by atoms with Gasteiger partial charge in [0.1, 0.15) is 11.5 Å². The highest BCUT2D eigenvalue weighted by atomic mass is 16.5. The fourth-order valence-corrected chi connectivity index (χ4v) is 15.8. The average Bonchev–Trinajstić information content (AvgIpc) is 3.46. The van der Waals surface area contributed by atoms with Crippen molar-refractivity contribution in [1.82, 2.24) is 4.90 Å². The number of urea groups is 1. The maximum atomic E-state index is 15.0. The highest BCUT2D eigenvalue weighted by Gasteiger charge is 2.74. The summed E-state index contributed by atoms with van der Waals surface area (Å²) in [6.45, 7) is 5.65. The summed E-state index contributed by atoms with van der Waals surface area (Å²) in [5, 5.41) is 27.8. The molecule has 8 heteroatoms. The van der Waals surface area contributed by atoms with Gasteiger partial charge < -0.3 is 29.9 Å². The number of carbonyl (C=O) groups is 2. The fraction of sp³-hybridized carbons (Fsp3) is 0.633. The summed E-state index contributed by atoms with van der Waals surface area (Å²) in [4.78, 5) is 31.7. The van der Waals surface area contributed by atoms with Crippen molar-refractivity contribution in [3.05, 3.63) is 77.9 Å². The van der Waals surface area contributed by atoms with Crippen LogP contribution in [0.4, 0.5) is 10.5 Å². The van der Waals surface area contributed by atoms with Crippen LogP contribution in [0.25, 0.3) is 0 Å². The molecule has 7 saturated carbocycles. The lowest BCUT2D eigenvalue weighted by Crippen LogP contribution is -2.67. The van der Waals surface area contributed by atoms with Gasteiger partial charge in [0.05, 0.1) is 32.5 Å². The van der Waals surface area contributed by atoms with Crippen LogP contribution >= 0.6 is 0 Å². The van der Waals surface area contributed by atoms with Crippen molar-refractivity contribution in [3.8, 4) is 11.5 Å². The summed E-state index contributed by atoms with van der Waals surface area (Å²) in [5.41, 5.74) is -0.475. The summed E-state index contributed by atoms with van der Waals surface area (Å²) in [6.07, 6.45) is 19.5. The first-order chi connectivity index (χ1) is 27.3. The number of Topliss-reactive ketones (excluding diaryl/α,β-unsaturated/α-hetero) is 1. The molecule has 2 spiro atoms. The van der Waals surface area contributed by atoms with Gasteiger partial charge in [-0.25, -0.2) is 4.79 Å². The van der Waals surface area contributed by atoms with Crippen LogP contribution in [-0.4, -0.2) is 65.9 Å². The van der Waals surface area contributed by atoms with E-state index in [1.807, 2.05) is 53.4 Å². The number of nitrogens with one attached hydrogen (secondary N) is 1. The molecule has 7 fully saturated rings. The van der Waals surface area contributed by atoms with Gasteiger partial charge in [0.25, 0.3) is 0 Å². The van der Waals surface area contributed by atoms with Gasteiger partial charge in [-0.3, -0.25) is 4.79 Å². The Hall–Kier alpha value is -3.62. The molecule has 2 amide bonds. The number of amides is 2. The molecule has 8 unspecified atom stereocenters. The lowest BCUT2D eigenvalue weighted by atomic mass is 9.32. The quantitative estimate of drug-likeness (QED) is 0.173. The van der Waals surface area contributed by atoms with Crippen molar-refractivity contribution >= 4 is 17.5 Å². The topological polar surface area (TPSA) is 108 Å². The maximum Gasteiger partial charge on any atom is 0.321 e. The molecule has 304 valence electrons. The van der Waals surface area contributed by atoms with E-state index in [1.54, 1.807) is 14.2 Å². The minimum absolute atomic E-state index is 0.00599. The fourth-order valence-electron chi connectivity index (χ4n) is 15.8. The molecule has 0 saturated heterocycles. The summed E-state index contributed by atoms with van der Waals surface area (Å²) in [7, 11) is 3.28. The van der Waals surface area contributed by atoms with E-state index < -0.39 is 27.9 Å². The molecule has 12 rings (SSSR count). The van der Waals surface area contributed by atoms with Crippen LogP contribution in [0, 0.1) is 56.7 Å². The standard InChI is InChI=1S/C49H62N2O6/c1-44-16-13-36(52)27-47(44)19-20-49(39(28-47)42(53)34-5-9-37(56-3)10-6-34)40(44)14-17-45(2)41(49)15-18-48(45,55)30-51(43(54)50-35-7-11-38(57-4)12-8-35)29-46-24-31-21-32(25-46)23-33(22-31)26-46/h5-12,19-20,28,31-33,36,40-41,52,55H,13-18,21-27,29-30H2,1-4H3,(H,50,54). The number of hydrogen-bond acceptors (Lipinski definition) is 6. The van der Waals surface area contributed by atoms with Crippen LogP contribution in [0.2, 0.25) is 0 Å². The Balaban J connectivity index is 1.02. The number of ketones is 1. The van der Waals surface area contributed by atoms with Crippen LogP contribution in [-0.2, 0) is 0 Å². The first-order valence-electron chi connectivity index (χ1n) is 22.0. The van der Waals surface area contributed by atoms with Gasteiger partial charge in [-0.05, 0) is 172 Å². The number of hydrogen-bond donors (Lipinski definition) is 3. The highest BCUT2D eigenvalue weighted by molar-refractivity contribution is 6.10. The van der Waals surface area contributed by atoms with Gasteiger partial charge in [-0.1, -0.05) is 32.1 Å². The smallest absolute Gasteiger partial charge is 0.321 e. The lowest BCUT2D eigenvalue weighted by Gasteiger charge is -2.71. The minimum atomic E-state index is -1.14. The molecule has 0 radical (unpaired) electrons. The summed E-state index contributed by atoms with van der Waals surface area (Å²) in [6, 6.07) is 14.9. The number of rotatable bonds is 9. The Bertz CT molecular complexity index is 1970. The van der Waals surface area contributed by atoms with E-state index in [4.69, 9.17) is 9.47 Å². The van der Waals surface area contributed by atoms with Crippen LogP contribution < -0.4 is 14.8 Å². The second-order valence-electron chi connectivity index (χ2n) is 20.8. The molecule has 3 N–H and O–H groups in total. The number of nitrogens with zero attached hydrogens (tertiary/aromatic N) is 1. The molecule has 6 bridgehead atoms. The van der Waals surface area contributed by atoms with Gasteiger partial charge in [-0.2, -0.15) is 0 Å². The number of aliphatic hydroxyl groups excluding tert-OH is 1. The van der Waals surface area contributed by atoms with Gasteiger partial charge in [0, 0.05) is 39.6 Å². The second kappa shape index (κ2) is 12.9. The van der Waals surface area contributed by atoms with Crippen molar-refractivity contribution in [3.63, 3.8) is 0 Å². The van der Waals surface area contributed by atoms with Crippen LogP contribution in [0.15, 0.2) is 72.3 Å². The van der Waals surface area contributed by atoms with Crippen LogP contribution in [0.5, 0.6) is 11.5 Å². The monoisotopic (exact) mass is 774 g/mol. The number of aliphatic hydroxyl groups is 2. The zero-order valence-corrected chi connectivity index (χ0v) is 34.4. The van der Waals surface area contributed by atoms with Crippen molar-refractivity contribution in [2.45, 2.75) is 109 Å². The van der Waals surface area contributed by atoms with Crippen molar-refractivity contribution in [1.29, 1.82) is 0 Å². The number of anilines is 1. The largest absolute Gasteiger partial charge is 0.497 e. The van der Waals surface area contributed by atoms with Gasteiger partial charge in [-0.15, -0.1) is 0 Å². The van der Waals surface area contributed by atoms with Crippen LogP contribution in [0.1, 0.15) is 108 Å². The van der Waals surface area contributed by atoms with E-state index in [0.29, 0.717) is 36.4 Å². The normalized spacial score (nSPS) is 43.1. The number of benzene rings is 2. The van der Waals surface area contributed by atoms with E-state index in [9.17, 15) is 15.0 Å². The Morgan fingerprint density at radius 2 is 1.33 bits per heavy atom. The van der Waals surface area contributed by atoms with E-state index in [0.717, 1.165) is 61.2 Å². The van der Waals surface area contributed by atoms with E-state index in [-0.39, 0.29) is 41.0 Å². The third-order valence-electron chi connectivity index (χ3n) is 18.1. The van der Waals surface area contributed by atoms with Crippen molar-refractivity contribution < 1.29 is 29.3 Å². The Morgan fingerprint density at radius 3 is 1.96 bits per heavy atom. The van der Waals surface area contributed by atoms with Gasteiger partial charge in [0.2, 0.25) is 0 Å². The molecule has 0 aliphatic heterocycles. The Labute approximate surface area is 338 Å². The Morgan fingerprint density at radius 1 is 0.754 bits per heavy atom. The third-order valence-corrected chi connectivity index (χ3v) is 18.1. The number of carbonyl (C=O) groups excluding carboxylic acids is 2. The summed E-state index contributed by atoms with van der Waals surface area (Å²) >= 11 is 0. The van der Waals surface area contributed by atoms with E-state index in [2.05, 4.69) is 37.4 Å². The SMILES string of the molecule is COc1ccc(NC(=O)N(CC23CC4CC(CC(C4)C2)C3)CC2(O)CCC3C45C=CC6(C=C4C(=O)c4ccc(OC)cc4)CC(O)CCC6(C)C5CCC32C)cc1. The van der Waals surface area contributed by atoms with E-state index >= 15 is 4.79 Å². The van der Waals surface area contributed by atoms with E-state index in [1.165, 1.54) is 38.5 Å². The number of fused-ring (bicyclic) bond motifs is 1. The molecule has 10 aliphatic carbocycles. The number of ether oxygens (including phenoxy) is 2. The molecule has 8 nitrogen and oxygen atoms in total. The van der Waals surface area contributed by atoms with Gasteiger partial charge >= 0.3 is 6.03 Å². The molecule has 8 atom stereocenters. The molecule has 0 heterocycles. The molecule has 10 aliphatic rings. The first-order valence-corrected chi connectivity index (χ1v) is 22.0. The number of methoxy groups -OCH3 is 2. The van der Waals surface area contributed by atoms with Crippen molar-refractivity contribution in [2.75, 3.05) is 32.6 Å². The lowest BCUT2D eigenvalue weighted by molar-refractivity contribution is -0.176. The minimum Gasteiger partial charge on any atom is -0.497 e. The second-order valence-corrected chi connectivity index (χ2v) is 20.8. The average molecular weight is 775 g/mol. The third kappa shape index (κ3) is 5.44. The zero-order valence-electron chi connectivity index (χ0n) is 34.4. The first kappa shape index (κ1) is 37.6.